The maximum absolute atomic E-state index is 9.96. The maximum atomic E-state index is 9.96. The summed E-state index contributed by atoms with van der Waals surface area (Å²) in [6, 6.07) is 15.5. The summed E-state index contributed by atoms with van der Waals surface area (Å²) >= 11 is 0. The number of morpholine rings is 1. The lowest BCUT2D eigenvalue weighted by Crippen LogP contribution is -3.14. The number of nitrogen functional groups attached to an aromatic ring is 1. The topological polar surface area (TPSA) is 85.9 Å². The van der Waals surface area contributed by atoms with Crippen molar-refractivity contribution >= 4 is 5.82 Å². The van der Waals surface area contributed by atoms with Crippen LogP contribution in [0.1, 0.15) is 29.0 Å². The first-order chi connectivity index (χ1) is 15.2. The van der Waals surface area contributed by atoms with E-state index < -0.39 is 0 Å². The Bertz CT molecular complexity index is 1070. The van der Waals surface area contributed by atoms with Gasteiger partial charge in [0.05, 0.1) is 32.2 Å². The molecule has 0 bridgehead atoms. The summed E-state index contributed by atoms with van der Waals surface area (Å²) in [6.07, 6.45) is 2.78. The molecule has 0 radical (unpaired) electrons. The molecule has 0 spiro atoms. The molecule has 1 atom stereocenters. The molecule has 31 heavy (non-hydrogen) atoms. The minimum absolute atomic E-state index is 0.106. The Kier molecular flexibility index (Phi) is 5.44. The number of phenolic OH excluding ortho intramolecular Hbond substituents is 1. The van der Waals surface area contributed by atoms with E-state index in [0.29, 0.717) is 17.4 Å². The van der Waals surface area contributed by atoms with E-state index >= 15 is 0 Å². The van der Waals surface area contributed by atoms with Crippen LogP contribution in [0.15, 0.2) is 54.9 Å². The number of nitrogens with one attached hydrogen (secondary N) is 1. The van der Waals surface area contributed by atoms with Gasteiger partial charge in [0, 0.05) is 18.1 Å². The number of aromatic hydroxyl groups is 1. The van der Waals surface area contributed by atoms with E-state index in [0.717, 1.165) is 62.5 Å². The third-order valence-electron chi connectivity index (χ3n) is 6.20. The number of benzene rings is 2. The first-order valence-electron chi connectivity index (χ1n) is 10.9. The van der Waals surface area contributed by atoms with Crippen molar-refractivity contribution in [2.75, 3.05) is 38.6 Å². The largest absolute Gasteiger partial charge is 0.508 e. The standard InChI is InChI=1S/C24H26N4O3/c25-23-22-21(17-5-2-1-3-6-17)19-8-7-18(29)15-20(19)31-24(22)26-16-28(23)10-4-9-27-11-13-30-14-12-27/h1-3,5-8,15-16,21,25,29H,4,9-14H2/p+2/t21-/m0/s1. The van der Waals surface area contributed by atoms with Gasteiger partial charge in [0.15, 0.2) is 0 Å². The number of quaternary nitrogens is 1. The normalized spacial score (nSPS) is 18.1. The SMILES string of the molecule is Nc1c2c(nc[n+]1CCC[NH+]1CCOCC1)Oc1cc(O)ccc1[C@@H]2c1ccccc1. The number of rotatable bonds is 5. The average Bonchev–Trinajstić information content (AvgIpc) is 2.80. The van der Waals surface area contributed by atoms with Crippen LogP contribution < -0.4 is 19.9 Å². The highest BCUT2D eigenvalue weighted by Crippen LogP contribution is 2.48. The van der Waals surface area contributed by atoms with E-state index in [-0.39, 0.29) is 11.7 Å². The van der Waals surface area contributed by atoms with Crippen LogP contribution in [0, 0.1) is 0 Å². The second-order valence-corrected chi connectivity index (χ2v) is 8.18. The first kappa shape index (κ1) is 19.8. The highest BCUT2D eigenvalue weighted by Gasteiger charge is 2.36. The zero-order chi connectivity index (χ0) is 21.2. The molecule has 3 aromatic rings. The number of aromatic nitrogens is 2. The lowest BCUT2D eigenvalue weighted by Gasteiger charge is -2.27. The van der Waals surface area contributed by atoms with Crippen LogP contribution in [0.25, 0.3) is 0 Å². The molecule has 2 aliphatic rings. The summed E-state index contributed by atoms with van der Waals surface area (Å²) in [6.45, 7) is 5.71. The number of hydrogen-bond donors (Lipinski definition) is 3. The van der Waals surface area contributed by atoms with E-state index in [1.807, 2.05) is 28.8 Å². The molecule has 0 aliphatic carbocycles. The lowest BCUT2D eigenvalue weighted by atomic mass is 9.83. The number of aryl methyl sites for hydroxylation is 1. The van der Waals surface area contributed by atoms with Crippen LogP contribution in [0.5, 0.6) is 17.4 Å². The molecule has 160 valence electrons. The van der Waals surface area contributed by atoms with Crippen LogP contribution in [-0.4, -0.2) is 42.9 Å². The van der Waals surface area contributed by atoms with Gasteiger partial charge in [-0.1, -0.05) is 41.4 Å². The fourth-order valence-electron chi connectivity index (χ4n) is 4.56. The fraction of sp³-hybridized carbons (Fsp3) is 0.333. The van der Waals surface area contributed by atoms with Gasteiger partial charge in [-0.3, -0.25) is 0 Å². The molecule has 4 N–H and O–H groups in total. The van der Waals surface area contributed by atoms with Crippen molar-refractivity contribution in [3.63, 3.8) is 0 Å². The molecule has 7 heteroatoms. The van der Waals surface area contributed by atoms with Crippen molar-refractivity contribution < 1.29 is 24.0 Å². The molecule has 0 amide bonds. The highest BCUT2D eigenvalue weighted by molar-refractivity contribution is 5.62. The van der Waals surface area contributed by atoms with Gasteiger partial charge in [-0.25, -0.2) is 4.57 Å². The van der Waals surface area contributed by atoms with Crippen molar-refractivity contribution in [2.24, 2.45) is 0 Å². The minimum Gasteiger partial charge on any atom is -0.508 e. The summed E-state index contributed by atoms with van der Waals surface area (Å²) in [4.78, 5) is 6.18. The molecule has 0 saturated carbocycles. The Morgan fingerprint density at radius 1 is 1.13 bits per heavy atom. The molecular formula is C24H28N4O3+2. The van der Waals surface area contributed by atoms with E-state index in [9.17, 15) is 5.11 Å². The number of ether oxygens (including phenoxy) is 2. The number of phenols is 1. The van der Waals surface area contributed by atoms with E-state index in [1.54, 1.807) is 23.4 Å². The van der Waals surface area contributed by atoms with Gasteiger partial charge in [0.1, 0.15) is 30.2 Å². The molecule has 1 fully saturated rings. The molecule has 3 heterocycles. The van der Waals surface area contributed by atoms with Gasteiger partial charge < -0.3 is 25.2 Å². The van der Waals surface area contributed by atoms with Gasteiger partial charge in [-0.15, -0.1) is 0 Å². The predicted octanol–water partition coefficient (Wildman–Crippen LogP) is 1.25. The van der Waals surface area contributed by atoms with Crippen LogP contribution in [-0.2, 0) is 11.3 Å². The van der Waals surface area contributed by atoms with Crippen molar-refractivity contribution in [3.8, 4) is 17.4 Å². The van der Waals surface area contributed by atoms with Gasteiger partial charge in [-0.2, -0.15) is 0 Å². The third-order valence-corrected chi connectivity index (χ3v) is 6.20. The third kappa shape index (κ3) is 3.94. The number of nitrogens with zero attached hydrogens (tertiary/aromatic N) is 2. The van der Waals surface area contributed by atoms with E-state index in [1.165, 1.54) is 0 Å². The second kappa shape index (κ2) is 8.53. The average molecular weight is 421 g/mol. The number of nitrogens with two attached hydrogens (primary N) is 1. The van der Waals surface area contributed by atoms with Gasteiger partial charge >= 0.3 is 5.88 Å². The quantitative estimate of drug-likeness (QED) is 0.423. The zero-order valence-corrected chi connectivity index (χ0v) is 17.5. The van der Waals surface area contributed by atoms with Crippen LogP contribution in [0.4, 0.5) is 5.82 Å². The predicted molar refractivity (Wildman–Crippen MR) is 115 cm³/mol. The molecule has 2 aliphatic heterocycles. The summed E-state index contributed by atoms with van der Waals surface area (Å²) in [5.74, 6) is 1.85. The molecule has 1 aromatic heterocycles. The van der Waals surface area contributed by atoms with Gasteiger partial charge in [0.25, 0.3) is 0 Å². The first-order valence-corrected chi connectivity index (χ1v) is 10.9. The molecule has 1 saturated heterocycles. The van der Waals surface area contributed by atoms with Gasteiger partial charge in [-0.05, 0) is 11.6 Å². The molecule has 5 rings (SSSR count). The van der Waals surface area contributed by atoms with Crippen molar-refractivity contribution in [1.82, 2.24) is 4.98 Å². The van der Waals surface area contributed by atoms with E-state index in [2.05, 4.69) is 17.1 Å². The lowest BCUT2D eigenvalue weighted by molar-refractivity contribution is -0.910. The Morgan fingerprint density at radius 2 is 1.94 bits per heavy atom. The second-order valence-electron chi connectivity index (χ2n) is 8.18. The number of hydrogen-bond acceptors (Lipinski definition) is 5. The number of anilines is 1. The zero-order valence-electron chi connectivity index (χ0n) is 17.5. The molecule has 7 nitrogen and oxygen atoms in total. The van der Waals surface area contributed by atoms with Crippen molar-refractivity contribution in [2.45, 2.75) is 18.9 Å². The molecule has 2 aromatic carbocycles. The Morgan fingerprint density at radius 3 is 2.74 bits per heavy atom. The van der Waals surface area contributed by atoms with Crippen LogP contribution in [0.3, 0.4) is 0 Å². The number of fused-ring (bicyclic) bond motifs is 2. The summed E-state index contributed by atoms with van der Waals surface area (Å²) < 4.78 is 13.5. The Hall–Kier alpha value is -3.16. The molecule has 0 unspecified atom stereocenters. The minimum atomic E-state index is -0.106. The van der Waals surface area contributed by atoms with Gasteiger partial charge in [0.2, 0.25) is 12.1 Å². The monoisotopic (exact) mass is 420 g/mol. The molecular weight excluding hydrogens is 392 g/mol. The van der Waals surface area contributed by atoms with Crippen molar-refractivity contribution in [1.29, 1.82) is 0 Å². The van der Waals surface area contributed by atoms with Crippen LogP contribution in [0.2, 0.25) is 0 Å². The highest BCUT2D eigenvalue weighted by atomic mass is 16.5. The van der Waals surface area contributed by atoms with Crippen molar-refractivity contribution in [3.05, 3.63) is 71.5 Å². The Balaban J connectivity index is 1.48. The fourth-order valence-corrected chi connectivity index (χ4v) is 4.56. The Labute approximate surface area is 181 Å². The van der Waals surface area contributed by atoms with E-state index in [4.69, 9.17) is 15.2 Å². The summed E-state index contributed by atoms with van der Waals surface area (Å²) in [5.41, 5.74) is 9.67. The maximum Gasteiger partial charge on any atom is 0.306 e. The summed E-state index contributed by atoms with van der Waals surface area (Å²) in [7, 11) is 0. The smallest absolute Gasteiger partial charge is 0.306 e. The van der Waals surface area contributed by atoms with Crippen LogP contribution >= 0.6 is 0 Å². The summed E-state index contributed by atoms with van der Waals surface area (Å²) in [5, 5.41) is 9.96.